The minimum atomic E-state index is -1.14. The molecule has 0 saturated carbocycles. The van der Waals surface area contributed by atoms with Gasteiger partial charge in [0.25, 0.3) is 5.56 Å². The number of nitrogens with zero attached hydrogens (tertiary/aromatic N) is 1. The molecule has 25 heavy (non-hydrogen) atoms. The number of halogens is 2. The average molecular weight is 351 g/mol. The number of carbonyl (C=O) groups is 1. The number of rotatable bonds is 6. The summed E-state index contributed by atoms with van der Waals surface area (Å²) in [7, 11) is 1.25. The second-order valence-corrected chi connectivity index (χ2v) is 5.93. The number of benzene rings is 1. The van der Waals surface area contributed by atoms with Gasteiger partial charge in [0, 0.05) is 12.3 Å². The standard InChI is InChI=1S/C18H19F2NO4/c1-11(2)9-14(18(23)24-3)21-8-7-12(10-16(21)22)25-15-6-4-5-13(19)17(15)20/h4-8,10-11,14H,9H2,1-3H3. The summed E-state index contributed by atoms with van der Waals surface area (Å²) in [5.74, 6) is -2.84. The highest BCUT2D eigenvalue weighted by molar-refractivity contribution is 5.74. The van der Waals surface area contributed by atoms with Crippen LogP contribution in [0.1, 0.15) is 26.3 Å². The first kappa shape index (κ1) is 18.6. The van der Waals surface area contributed by atoms with Crippen molar-refractivity contribution in [1.29, 1.82) is 0 Å². The summed E-state index contributed by atoms with van der Waals surface area (Å²) in [6, 6.07) is 5.26. The molecule has 0 radical (unpaired) electrons. The smallest absolute Gasteiger partial charge is 0.328 e. The maximum Gasteiger partial charge on any atom is 0.328 e. The van der Waals surface area contributed by atoms with Gasteiger partial charge < -0.3 is 14.0 Å². The molecule has 2 aromatic rings. The Labute approximate surface area is 143 Å². The topological polar surface area (TPSA) is 57.5 Å². The number of esters is 1. The molecule has 5 nitrogen and oxygen atoms in total. The lowest BCUT2D eigenvalue weighted by Gasteiger charge is -2.19. The van der Waals surface area contributed by atoms with Crippen molar-refractivity contribution < 1.29 is 23.0 Å². The van der Waals surface area contributed by atoms with E-state index in [1.165, 1.54) is 36.1 Å². The van der Waals surface area contributed by atoms with Crippen molar-refractivity contribution in [2.75, 3.05) is 7.11 Å². The van der Waals surface area contributed by atoms with Gasteiger partial charge in [-0.05, 0) is 30.5 Å². The molecule has 0 bridgehead atoms. The first-order valence-electron chi connectivity index (χ1n) is 7.75. The Hall–Kier alpha value is -2.70. The lowest BCUT2D eigenvalue weighted by molar-refractivity contribution is -0.145. The summed E-state index contributed by atoms with van der Waals surface area (Å²) in [6.07, 6.45) is 1.80. The summed E-state index contributed by atoms with van der Waals surface area (Å²) in [4.78, 5) is 24.3. The number of methoxy groups -OCH3 is 1. The molecular weight excluding hydrogens is 332 g/mol. The Morgan fingerprint density at radius 3 is 2.56 bits per heavy atom. The van der Waals surface area contributed by atoms with Gasteiger partial charge in [-0.2, -0.15) is 4.39 Å². The number of aromatic nitrogens is 1. The largest absolute Gasteiger partial charge is 0.467 e. The lowest BCUT2D eigenvalue weighted by Crippen LogP contribution is -2.30. The zero-order valence-electron chi connectivity index (χ0n) is 14.2. The van der Waals surface area contributed by atoms with Crippen LogP contribution in [-0.2, 0) is 9.53 Å². The monoisotopic (exact) mass is 351 g/mol. The van der Waals surface area contributed by atoms with E-state index < -0.39 is 29.2 Å². The van der Waals surface area contributed by atoms with E-state index in [1.54, 1.807) is 0 Å². The van der Waals surface area contributed by atoms with Crippen molar-refractivity contribution >= 4 is 5.97 Å². The van der Waals surface area contributed by atoms with E-state index in [0.717, 1.165) is 12.1 Å². The molecule has 2 rings (SSSR count). The van der Waals surface area contributed by atoms with E-state index >= 15 is 0 Å². The molecule has 1 aromatic carbocycles. The van der Waals surface area contributed by atoms with Crippen LogP contribution in [0.4, 0.5) is 8.78 Å². The summed E-state index contributed by atoms with van der Waals surface area (Å²) in [5, 5.41) is 0. The third-order valence-electron chi connectivity index (χ3n) is 3.57. The number of carbonyl (C=O) groups excluding carboxylic acids is 1. The number of hydrogen-bond acceptors (Lipinski definition) is 4. The van der Waals surface area contributed by atoms with Crippen LogP contribution >= 0.6 is 0 Å². The highest BCUT2D eigenvalue weighted by atomic mass is 19.2. The van der Waals surface area contributed by atoms with Crippen molar-refractivity contribution in [2.45, 2.75) is 26.3 Å². The lowest BCUT2D eigenvalue weighted by atomic mass is 10.0. The Morgan fingerprint density at radius 2 is 1.96 bits per heavy atom. The van der Waals surface area contributed by atoms with Crippen molar-refractivity contribution in [1.82, 2.24) is 4.57 Å². The maximum absolute atomic E-state index is 13.6. The predicted molar refractivity (Wildman–Crippen MR) is 87.6 cm³/mol. The molecule has 7 heteroatoms. The molecule has 0 spiro atoms. The maximum atomic E-state index is 13.6. The fourth-order valence-electron chi connectivity index (χ4n) is 2.39. The van der Waals surface area contributed by atoms with Gasteiger partial charge in [0.2, 0.25) is 5.82 Å². The quantitative estimate of drug-likeness (QED) is 0.745. The molecule has 0 N–H and O–H groups in total. The Morgan fingerprint density at radius 1 is 1.24 bits per heavy atom. The zero-order valence-corrected chi connectivity index (χ0v) is 14.2. The van der Waals surface area contributed by atoms with Gasteiger partial charge in [0.15, 0.2) is 11.6 Å². The van der Waals surface area contributed by atoms with E-state index in [-0.39, 0.29) is 17.4 Å². The average Bonchev–Trinajstić information content (AvgIpc) is 2.56. The predicted octanol–water partition coefficient (Wildman–Crippen LogP) is 3.68. The summed E-state index contributed by atoms with van der Waals surface area (Å²) in [6.45, 7) is 3.84. The minimum absolute atomic E-state index is 0.0407. The van der Waals surface area contributed by atoms with Crippen LogP contribution in [0.25, 0.3) is 0 Å². The number of pyridine rings is 1. The fourth-order valence-corrected chi connectivity index (χ4v) is 2.39. The molecule has 1 unspecified atom stereocenters. The van der Waals surface area contributed by atoms with Gasteiger partial charge in [0.1, 0.15) is 11.8 Å². The summed E-state index contributed by atoms with van der Waals surface area (Å²) < 4.78 is 38.1. The fraction of sp³-hybridized carbons (Fsp3) is 0.333. The van der Waals surface area contributed by atoms with Crippen LogP contribution in [-0.4, -0.2) is 17.6 Å². The molecule has 1 atom stereocenters. The van der Waals surface area contributed by atoms with E-state index in [2.05, 4.69) is 0 Å². The van der Waals surface area contributed by atoms with Gasteiger partial charge in [-0.3, -0.25) is 4.79 Å². The Bertz CT molecular complexity index is 817. The van der Waals surface area contributed by atoms with Gasteiger partial charge in [-0.25, -0.2) is 9.18 Å². The highest BCUT2D eigenvalue weighted by Crippen LogP contribution is 2.25. The van der Waals surface area contributed by atoms with Crippen LogP contribution in [0.3, 0.4) is 0 Å². The van der Waals surface area contributed by atoms with E-state index in [9.17, 15) is 18.4 Å². The molecule has 134 valence electrons. The van der Waals surface area contributed by atoms with Crippen LogP contribution in [0.2, 0.25) is 0 Å². The van der Waals surface area contributed by atoms with Crippen LogP contribution in [0.5, 0.6) is 11.5 Å². The molecular formula is C18H19F2NO4. The molecule has 0 fully saturated rings. The molecule has 1 aromatic heterocycles. The number of ether oxygens (including phenoxy) is 2. The first-order chi connectivity index (χ1) is 11.8. The van der Waals surface area contributed by atoms with Gasteiger partial charge in [0.05, 0.1) is 7.11 Å². The molecule has 0 saturated heterocycles. The van der Waals surface area contributed by atoms with Crippen molar-refractivity contribution in [3.8, 4) is 11.5 Å². The molecule has 1 heterocycles. The van der Waals surface area contributed by atoms with E-state index in [0.29, 0.717) is 6.42 Å². The molecule has 0 amide bonds. The summed E-state index contributed by atoms with van der Waals surface area (Å²) in [5.41, 5.74) is -0.509. The van der Waals surface area contributed by atoms with Crippen molar-refractivity contribution in [2.24, 2.45) is 5.92 Å². The Balaban J connectivity index is 2.32. The van der Waals surface area contributed by atoms with Crippen molar-refractivity contribution in [3.63, 3.8) is 0 Å². The Kier molecular flexibility index (Phi) is 5.90. The molecule has 0 aliphatic carbocycles. The minimum Gasteiger partial charge on any atom is -0.467 e. The SMILES string of the molecule is COC(=O)C(CC(C)C)n1ccc(Oc2cccc(F)c2F)cc1=O. The summed E-state index contributed by atoms with van der Waals surface area (Å²) >= 11 is 0. The van der Waals surface area contributed by atoms with Crippen LogP contribution < -0.4 is 10.3 Å². The van der Waals surface area contributed by atoms with Crippen molar-refractivity contribution in [3.05, 3.63) is 58.5 Å². The van der Waals surface area contributed by atoms with Gasteiger partial charge >= 0.3 is 5.97 Å². The molecule has 0 aliphatic rings. The van der Waals surface area contributed by atoms with Gasteiger partial charge in [-0.1, -0.05) is 19.9 Å². The van der Waals surface area contributed by atoms with Gasteiger partial charge in [-0.15, -0.1) is 0 Å². The van der Waals surface area contributed by atoms with E-state index in [4.69, 9.17) is 9.47 Å². The second-order valence-electron chi connectivity index (χ2n) is 5.93. The third kappa shape index (κ3) is 4.43. The normalized spacial score (nSPS) is 12.1. The third-order valence-corrected chi connectivity index (χ3v) is 3.57. The first-order valence-corrected chi connectivity index (χ1v) is 7.75. The number of hydrogen-bond donors (Lipinski definition) is 0. The van der Waals surface area contributed by atoms with Crippen LogP contribution in [0, 0.1) is 17.6 Å². The van der Waals surface area contributed by atoms with Crippen LogP contribution in [0.15, 0.2) is 41.3 Å². The molecule has 0 aliphatic heterocycles. The highest BCUT2D eigenvalue weighted by Gasteiger charge is 2.23. The second kappa shape index (κ2) is 7.92. The van der Waals surface area contributed by atoms with E-state index in [1.807, 2.05) is 13.8 Å². The zero-order chi connectivity index (χ0) is 18.6.